The highest BCUT2D eigenvalue weighted by atomic mass is 79.9. The lowest BCUT2D eigenvalue weighted by Gasteiger charge is -2.08. The zero-order chi connectivity index (χ0) is 13.4. The van der Waals surface area contributed by atoms with Crippen LogP contribution in [0.25, 0.3) is 5.69 Å². The van der Waals surface area contributed by atoms with Gasteiger partial charge in [-0.3, -0.25) is 9.78 Å². The topological polar surface area (TPSA) is 54.9 Å². The largest absolute Gasteiger partial charge is 0.334 e. The Labute approximate surface area is 116 Å². The predicted molar refractivity (Wildman–Crippen MR) is 74.8 cm³/mol. The second-order valence-electron chi connectivity index (χ2n) is 4.00. The summed E-state index contributed by atoms with van der Waals surface area (Å²) in [5.41, 5.74) is 0.800. The van der Waals surface area contributed by atoms with Crippen molar-refractivity contribution >= 4 is 27.5 Å². The number of aromatic amines is 1. The van der Waals surface area contributed by atoms with Crippen LogP contribution in [0.3, 0.4) is 0 Å². The van der Waals surface area contributed by atoms with Crippen LogP contribution >= 0.6 is 27.5 Å². The van der Waals surface area contributed by atoms with Gasteiger partial charge in [-0.05, 0) is 37.6 Å². The maximum Gasteiger partial charge on any atom is 0.334 e. The molecule has 2 rings (SSSR count). The molecular formula is C12H10BrClN2O2. The standard InChI is InChI=1S/C12H10BrClN2O2/c1-6-3-8(13)5-9(4-6)16-11(17)7(2)10(14)15-12(16)18/h3-5H,1-2H3,(H,15,18). The van der Waals surface area contributed by atoms with Crippen molar-refractivity contribution in [3.63, 3.8) is 0 Å². The summed E-state index contributed by atoms with van der Waals surface area (Å²) >= 11 is 9.10. The third-order valence-corrected chi connectivity index (χ3v) is 3.39. The molecule has 4 nitrogen and oxygen atoms in total. The Bertz CT molecular complexity index is 714. The number of hydrogen-bond acceptors (Lipinski definition) is 2. The molecule has 94 valence electrons. The number of nitrogens with one attached hydrogen (secondary N) is 1. The second kappa shape index (κ2) is 4.74. The minimum absolute atomic E-state index is 0.0768. The summed E-state index contributed by atoms with van der Waals surface area (Å²) < 4.78 is 1.87. The molecule has 0 aliphatic rings. The lowest BCUT2D eigenvalue weighted by atomic mass is 10.2. The zero-order valence-electron chi connectivity index (χ0n) is 9.75. The molecule has 1 heterocycles. The van der Waals surface area contributed by atoms with Gasteiger partial charge < -0.3 is 0 Å². The number of hydrogen-bond donors (Lipinski definition) is 1. The normalized spacial score (nSPS) is 10.7. The monoisotopic (exact) mass is 328 g/mol. The Balaban J connectivity index is 2.84. The Morgan fingerprint density at radius 2 is 1.89 bits per heavy atom. The van der Waals surface area contributed by atoms with Crippen molar-refractivity contribution in [1.29, 1.82) is 0 Å². The minimum Gasteiger partial charge on any atom is -0.297 e. The van der Waals surface area contributed by atoms with Crippen molar-refractivity contribution in [3.05, 3.63) is 59.8 Å². The lowest BCUT2D eigenvalue weighted by molar-refractivity contribution is 0.858. The van der Waals surface area contributed by atoms with Crippen LogP contribution in [0.15, 0.2) is 32.3 Å². The Morgan fingerprint density at radius 1 is 1.22 bits per heavy atom. The van der Waals surface area contributed by atoms with Crippen LogP contribution in [0.4, 0.5) is 0 Å². The Hall–Kier alpha value is -1.33. The summed E-state index contributed by atoms with van der Waals surface area (Å²) in [6.45, 7) is 3.46. The zero-order valence-corrected chi connectivity index (χ0v) is 12.1. The van der Waals surface area contributed by atoms with E-state index in [1.165, 1.54) is 0 Å². The summed E-state index contributed by atoms with van der Waals surface area (Å²) in [4.78, 5) is 26.4. The van der Waals surface area contributed by atoms with Crippen LogP contribution in [0, 0.1) is 13.8 Å². The van der Waals surface area contributed by atoms with Crippen LogP contribution in [-0.4, -0.2) is 9.55 Å². The highest BCUT2D eigenvalue weighted by Crippen LogP contribution is 2.17. The predicted octanol–water partition coefficient (Wildman–Crippen LogP) is 2.56. The van der Waals surface area contributed by atoms with Gasteiger partial charge in [0.05, 0.1) is 11.3 Å². The molecule has 6 heteroatoms. The number of nitrogens with zero attached hydrogens (tertiary/aromatic N) is 1. The summed E-state index contributed by atoms with van der Waals surface area (Å²) in [5, 5.41) is 0.0768. The van der Waals surface area contributed by atoms with Gasteiger partial charge in [0.15, 0.2) is 0 Å². The molecule has 0 bridgehead atoms. The van der Waals surface area contributed by atoms with Gasteiger partial charge >= 0.3 is 5.69 Å². The molecule has 0 aliphatic heterocycles. The number of aryl methyl sites for hydroxylation is 1. The Morgan fingerprint density at radius 3 is 2.50 bits per heavy atom. The van der Waals surface area contributed by atoms with Crippen LogP contribution < -0.4 is 11.2 Å². The average molecular weight is 330 g/mol. The lowest BCUT2D eigenvalue weighted by Crippen LogP contribution is -2.35. The molecule has 1 N–H and O–H groups in total. The average Bonchev–Trinajstić information content (AvgIpc) is 2.24. The van der Waals surface area contributed by atoms with E-state index >= 15 is 0 Å². The van der Waals surface area contributed by atoms with Crippen LogP contribution in [0.5, 0.6) is 0 Å². The molecule has 0 atom stereocenters. The maximum atomic E-state index is 12.1. The van der Waals surface area contributed by atoms with Crippen LogP contribution in [0.2, 0.25) is 5.15 Å². The first-order valence-electron chi connectivity index (χ1n) is 5.19. The van der Waals surface area contributed by atoms with Crippen molar-refractivity contribution in [2.45, 2.75) is 13.8 Å². The molecule has 0 fully saturated rings. The maximum absolute atomic E-state index is 12.1. The molecule has 0 spiro atoms. The summed E-state index contributed by atoms with van der Waals surface area (Å²) in [6, 6.07) is 5.36. The van der Waals surface area contributed by atoms with Gasteiger partial charge in [-0.15, -0.1) is 0 Å². The molecule has 2 aromatic rings. The van der Waals surface area contributed by atoms with E-state index in [1.54, 1.807) is 19.1 Å². The summed E-state index contributed by atoms with van der Waals surface area (Å²) in [6.07, 6.45) is 0. The fraction of sp³-hybridized carbons (Fsp3) is 0.167. The fourth-order valence-corrected chi connectivity index (χ4v) is 2.44. The van der Waals surface area contributed by atoms with Gasteiger partial charge in [0.1, 0.15) is 5.15 Å². The Kier molecular flexibility index (Phi) is 3.45. The molecule has 18 heavy (non-hydrogen) atoms. The van der Waals surface area contributed by atoms with Crippen molar-refractivity contribution in [3.8, 4) is 5.69 Å². The molecule has 0 saturated heterocycles. The number of rotatable bonds is 1. The van der Waals surface area contributed by atoms with E-state index < -0.39 is 11.2 Å². The number of halogens is 2. The van der Waals surface area contributed by atoms with E-state index in [0.717, 1.165) is 14.6 Å². The van der Waals surface area contributed by atoms with Crippen LogP contribution in [0.1, 0.15) is 11.1 Å². The number of benzene rings is 1. The smallest absolute Gasteiger partial charge is 0.297 e. The highest BCUT2D eigenvalue weighted by molar-refractivity contribution is 9.10. The van der Waals surface area contributed by atoms with E-state index in [2.05, 4.69) is 20.9 Å². The molecule has 0 aliphatic carbocycles. The van der Waals surface area contributed by atoms with Gasteiger partial charge in [0.2, 0.25) is 0 Å². The van der Waals surface area contributed by atoms with E-state index in [0.29, 0.717) is 11.3 Å². The van der Waals surface area contributed by atoms with E-state index in [4.69, 9.17) is 11.6 Å². The summed E-state index contributed by atoms with van der Waals surface area (Å²) in [5.74, 6) is 0. The molecular weight excluding hydrogens is 320 g/mol. The fourth-order valence-electron chi connectivity index (χ4n) is 1.68. The highest BCUT2D eigenvalue weighted by Gasteiger charge is 2.11. The van der Waals surface area contributed by atoms with E-state index in [1.807, 2.05) is 13.0 Å². The van der Waals surface area contributed by atoms with Crippen molar-refractivity contribution in [1.82, 2.24) is 9.55 Å². The van der Waals surface area contributed by atoms with Gasteiger partial charge in [0, 0.05) is 4.47 Å². The van der Waals surface area contributed by atoms with Crippen molar-refractivity contribution in [2.24, 2.45) is 0 Å². The number of aromatic nitrogens is 2. The third kappa shape index (κ3) is 2.28. The molecule has 0 saturated carbocycles. The van der Waals surface area contributed by atoms with Gasteiger partial charge in [-0.25, -0.2) is 9.36 Å². The first kappa shape index (κ1) is 13.1. The van der Waals surface area contributed by atoms with Crippen molar-refractivity contribution < 1.29 is 0 Å². The van der Waals surface area contributed by atoms with E-state index in [-0.39, 0.29) is 5.15 Å². The molecule has 0 radical (unpaired) electrons. The van der Waals surface area contributed by atoms with Gasteiger partial charge in [0.25, 0.3) is 5.56 Å². The van der Waals surface area contributed by atoms with Crippen LogP contribution in [-0.2, 0) is 0 Å². The van der Waals surface area contributed by atoms with Crippen molar-refractivity contribution in [2.75, 3.05) is 0 Å². The minimum atomic E-state index is -0.548. The van der Waals surface area contributed by atoms with E-state index in [9.17, 15) is 9.59 Å². The molecule has 1 aromatic heterocycles. The van der Waals surface area contributed by atoms with Gasteiger partial charge in [-0.2, -0.15) is 0 Å². The summed E-state index contributed by atoms with van der Waals surface area (Å²) in [7, 11) is 0. The first-order valence-corrected chi connectivity index (χ1v) is 6.36. The third-order valence-electron chi connectivity index (χ3n) is 2.56. The second-order valence-corrected chi connectivity index (χ2v) is 5.29. The van der Waals surface area contributed by atoms with Gasteiger partial charge in [-0.1, -0.05) is 27.5 Å². The molecule has 0 amide bonds. The number of H-pyrrole nitrogens is 1. The first-order chi connectivity index (χ1) is 8.40. The molecule has 1 aromatic carbocycles. The SMILES string of the molecule is Cc1cc(Br)cc(-n2c(=O)[nH]c(Cl)c(C)c2=O)c1. The molecule has 0 unspecified atom stereocenters. The quantitative estimate of drug-likeness (QED) is 0.818.